The predicted octanol–water partition coefficient (Wildman–Crippen LogP) is 3.54. The maximum absolute atomic E-state index is 12.5. The van der Waals surface area contributed by atoms with Crippen LogP contribution in [-0.2, 0) is 6.54 Å². The van der Waals surface area contributed by atoms with E-state index in [1.807, 2.05) is 6.07 Å². The second kappa shape index (κ2) is 7.11. The van der Waals surface area contributed by atoms with Gasteiger partial charge in [0.15, 0.2) is 0 Å². The zero-order chi connectivity index (χ0) is 15.2. The van der Waals surface area contributed by atoms with Gasteiger partial charge in [-0.15, -0.1) is 0 Å². The fourth-order valence-corrected chi connectivity index (χ4v) is 2.08. The van der Waals surface area contributed by atoms with Crippen molar-refractivity contribution in [2.75, 3.05) is 6.54 Å². The Hall–Kier alpha value is -2.03. The summed E-state index contributed by atoms with van der Waals surface area (Å²) in [6.07, 6.45) is 1.72. The van der Waals surface area contributed by atoms with Crippen LogP contribution in [0, 0.1) is 11.3 Å². The Morgan fingerprint density at radius 1 is 1.38 bits per heavy atom. The fraction of sp³-hybridized carbons (Fsp3) is 0.214. The van der Waals surface area contributed by atoms with E-state index in [0.717, 1.165) is 0 Å². The number of nitrogens with zero attached hydrogens (tertiary/aromatic N) is 3. The zero-order valence-electron chi connectivity index (χ0n) is 10.9. The number of halogens is 2. The standard InChI is InChI=1S/C14H11Cl2N3O2/c15-11-4-5-12(16)18-13(11)14(20)19(7-2-6-17)9-10-3-1-8-21-10/h1,3-5,8H,2,7,9H2. The molecule has 2 aromatic heterocycles. The summed E-state index contributed by atoms with van der Waals surface area (Å²) in [5.41, 5.74) is 0.0636. The van der Waals surface area contributed by atoms with Gasteiger partial charge in [-0.05, 0) is 24.3 Å². The zero-order valence-corrected chi connectivity index (χ0v) is 12.4. The first-order chi connectivity index (χ1) is 10.1. The number of aromatic nitrogens is 1. The Morgan fingerprint density at radius 3 is 2.86 bits per heavy atom. The van der Waals surface area contributed by atoms with Crippen molar-refractivity contribution in [3.8, 4) is 6.07 Å². The van der Waals surface area contributed by atoms with Gasteiger partial charge in [0.2, 0.25) is 0 Å². The van der Waals surface area contributed by atoms with Crippen molar-refractivity contribution in [1.29, 1.82) is 5.26 Å². The Kier molecular flexibility index (Phi) is 5.20. The maximum atomic E-state index is 12.5. The summed E-state index contributed by atoms with van der Waals surface area (Å²) in [6, 6.07) is 8.51. The number of hydrogen-bond donors (Lipinski definition) is 0. The molecule has 21 heavy (non-hydrogen) atoms. The number of rotatable bonds is 5. The molecule has 0 saturated carbocycles. The first kappa shape index (κ1) is 15.4. The number of amides is 1. The lowest BCUT2D eigenvalue weighted by molar-refractivity contribution is 0.0729. The highest BCUT2D eigenvalue weighted by Crippen LogP contribution is 2.20. The van der Waals surface area contributed by atoms with Gasteiger partial charge < -0.3 is 9.32 Å². The average Bonchev–Trinajstić information content (AvgIpc) is 2.98. The predicted molar refractivity (Wildman–Crippen MR) is 77.9 cm³/mol. The normalized spacial score (nSPS) is 10.1. The Balaban J connectivity index is 2.24. The summed E-state index contributed by atoms with van der Waals surface area (Å²) in [5, 5.41) is 9.11. The number of carbonyl (C=O) groups excluding carboxylic acids is 1. The molecule has 0 aliphatic rings. The van der Waals surface area contributed by atoms with E-state index in [0.29, 0.717) is 5.76 Å². The molecule has 0 unspecified atom stereocenters. The number of carbonyl (C=O) groups is 1. The first-order valence-corrected chi connectivity index (χ1v) is 6.88. The second-order valence-electron chi connectivity index (χ2n) is 4.18. The molecule has 0 fully saturated rings. The van der Waals surface area contributed by atoms with E-state index < -0.39 is 5.91 Å². The van der Waals surface area contributed by atoms with Gasteiger partial charge in [0, 0.05) is 6.54 Å². The summed E-state index contributed by atoms with van der Waals surface area (Å²) in [5.74, 6) is 0.216. The van der Waals surface area contributed by atoms with Crippen LogP contribution in [0.4, 0.5) is 0 Å². The van der Waals surface area contributed by atoms with Gasteiger partial charge in [-0.25, -0.2) is 4.98 Å². The van der Waals surface area contributed by atoms with Crippen molar-refractivity contribution in [3.63, 3.8) is 0 Å². The largest absolute Gasteiger partial charge is 0.467 e. The molecule has 2 rings (SSSR count). The van der Waals surface area contributed by atoms with Crippen molar-refractivity contribution >= 4 is 29.1 Å². The van der Waals surface area contributed by atoms with Crippen LogP contribution in [0.2, 0.25) is 10.2 Å². The molecule has 2 heterocycles. The van der Waals surface area contributed by atoms with Crippen LogP contribution in [0.25, 0.3) is 0 Å². The molecule has 0 aromatic carbocycles. The quantitative estimate of drug-likeness (QED) is 0.789. The fourth-order valence-electron chi connectivity index (χ4n) is 1.75. The van der Waals surface area contributed by atoms with Crippen LogP contribution in [0.5, 0.6) is 0 Å². The lowest BCUT2D eigenvalue weighted by atomic mass is 10.2. The smallest absolute Gasteiger partial charge is 0.274 e. The minimum atomic E-state index is -0.394. The van der Waals surface area contributed by atoms with Crippen molar-refractivity contribution < 1.29 is 9.21 Å². The maximum Gasteiger partial charge on any atom is 0.274 e. The van der Waals surface area contributed by atoms with Gasteiger partial charge in [0.25, 0.3) is 5.91 Å². The molecule has 0 saturated heterocycles. The highest BCUT2D eigenvalue weighted by Gasteiger charge is 2.21. The molecule has 2 aromatic rings. The molecule has 7 heteroatoms. The molecular formula is C14H11Cl2N3O2. The number of nitriles is 1. The van der Waals surface area contributed by atoms with Gasteiger partial charge in [-0.3, -0.25) is 4.79 Å². The Bertz CT molecular complexity index is 665. The van der Waals surface area contributed by atoms with Gasteiger partial charge in [-0.1, -0.05) is 23.2 Å². The first-order valence-electron chi connectivity index (χ1n) is 6.12. The van der Waals surface area contributed by atoms with Gasteiger partial charge in [0.05, 0.1) is 30.3 Å². The highest BCUT2D eigenvalue weighted by atomic mass is 35.5. The molecule has 1 amide bonds. The molecule has 0 atom stereocenters. The summed E-state index contributed by atoms with van der Waals surface area (Å²) in [6.45, 7) is 0.485. The summed E-state index contributed by atoms with van der Waals surface area (Å²) in [4.78, 5) is 17.9. The number of furan rings is 1. The molecule has 0 aliphatic carbocycles. The van der Waals surface area contributed by atoms with E-state index in [1.165, 1.54) is 23.3 Å². The molecule has 5 nitrogen and oxygen atoms in total. The monoisotopic (exact) mass is 323 g/mol. The average molecular weight is 324 g/mol. The third-order valence-corrected chi connectivity index (χ3v) is 3.24. The topological polar surface area (TPSA) is 70.1 Å². The molecule has 0 bridgehead atoms. The Morgan fingerprint density at radius 2 is 2.19 bits per heavy atom. The summed E-state index contributed by atoms with van der Waals surface area (Å²) in [7, 11) is 0. The molecule has 0 N–H and O–H groups in total. The van der Waals surface area contributed by atoms with Crippen molar-refractivity contribution in [2.45, 2.75) is 13.0 Å². The minimum absolute atomic E-state index is 0.0636. The third kappa shape index (κ3) is 3.97. The van der Waals surface area contributed by atoms with Gasteiger partial charge in [-0.2, -0.15) is 5.26 Å². The second-order valence-corrected chi connectivity index (χ2v) is 4.97. The SMILES string of the molecule is N#CCCN(Cc1ccco1)C(=O)c1nc(Cl)ccc1Cl. The minimum Gasteiger partial charge on any atom is -0.467 e. The molecule has 0 aliphatic heterocycles. The van der Waals surface area contributed by atoms with Crippen LogP contribution in [0.3, 0.4) is 0 Å². The number of pyridine rings is 1. The summed E-state index contributed by atoms with van der Waals surface area (Å²) >= 11 is 11.8. The lowest BCUT2D eigenvalue weighted by Crippen LogP contribution is -2.32. The molecule has 0 spiro atoms. The lowest BCUT2D eigenvalue weighted by Gasteiger charge is -2.20. The Labute approximate surface area is 131 Å². The molecular weight excluding hydrogens is 313 g/mol. The number of hydrogen-bond acceptors (Lipinski definition) is 4. The van der Waals surface area contributed by atoms with E-state index in [-0.39, 0.29) is 35.4 Å². The van der Waals surface area contributed by atoms with E-state index in [4.69, 9.17) is 32.9 Å². The molecule has 0 radical (unpaired) electrons. The third-order valence-electron chi connectivity index (χ3n) is 2.72. The van der Waals surface area contributed by atoms with Crippen LogP contribution in [0.15, 0.2) is 34.9 Å². The van der Waals surface area contributed by atoms with Crippen molar-refractivity contribution in [1.82, 2.24) is 9.88 Å². The van der Waals surface area contributed by atoms with Crippen LogP contribution < -0.4 is 0 Å². The van der Waals surface area contributed by atoms with Crippen LogP contribution in [-0.4, -0.2) is 22.3 Å². The summed E-state index contributed by atoms with van der Waals surface area (Å²) < 4.78 is 5.23. The van der Waals surface area contributed by atoms with E-state index in [9.17, 15) is 4.79 Å². The van der Waals surface area contributed by atoms with E-state index in [1.54, 1.807) is 12.1 Å². The molecule has 108 valence electrons. The van der Waals surface area contributed by atoms with Gasteiger partial charge in [0.1, 0.15) is 16.6 Å². The van der Waals surface area contributed by atoms with E-state index >= 15 is 0 Å². The van der Waals surface area contributed by atoms with Crippen molar-refractivity contribution in [3.05, 3.63) is 52.2 Å². The van der Waals surface area contributed by atoms with Crippen molar-refractivity contribution in [2.24, 2.45) is 0 Å². The van der Waals surface area contributed by atoms with Gasteiger partial charge >= 0.3 is 0 Å². The highest BCUT2D eigenvalue weighted by molar-refractivity contribution is 6.34. The van der Waals surface area contributed by atoms with Crippen LogP contribution in [0.1, 0.15) is 22.7 Å². The van der Waals surface area contributed by atoms with Crippen LogP contribution >= 0.6 is 23.2 Å². The van der Waals surface area contributed by atoms with E-state index in [2.05, 4.69) is 4.98 Å².